The molecule has 0 saturated carbocycles. The minimum atomic E-state index is -0.357. The summed E-state index contributed by atoms with van der Waals surface area (Å²) in [6, 6.07) is 6.73. The van der Waals surface area contributed by atoms with Crippen molar-refractivity contribution < 1.29 is 14.3 Å². The Bertz CT molecular complexity index is 555. The molecule has 0 amide bonds. The molecule has 0 aromatic heterocycles. The second-order valence-electron chi connectivity index (χ2n) is 6.04. The number of aryl methyl sites for hydroxylation is 2. The molecule has 1 aromatic rings. The zero-order valence-electron chi connectivity index (χ0n) is 13.7. The van der Waals surface area contributed by atoms with Gasteiger partial charge in [0.05, 0.1) is 12.7 Å². The first-order valence-electron chi connectivity index (χ1n) is 8.28. The van der Waals surface area contributed by atoms with Crippen molar-refractivity contribution in [2.24, 2.45) is 5.16 Å². The van der Waals surface area contributed by atoms with Gasteiger partial charge >= 0.3 is 0 Å². The second-order valence-corrected chi connectivity index (χ2v) is 6.04. The molecule has 120 valence electrons. The van der Waals surface area contributed by atoms with Crippen LogP contribution in [0.15, 0.2) is 23.4 Å². The third kappa shape index (κ3) is 3.03. The highest BCUT2D eigenvalue weighted by atomic mass is 16.7. The van der Waals surface area contributed by atoms with Gasteiger partial charge in [0.15, 0.2) is 0 Å². The highest BCUT2D eigenvalue weighted by Gasteiger charge is 2.38. The number of fused-ring (bicyclic) bond motifs is 3. The van der Waals surface area contributed by atoms with Crippen LogP contribution >= 0.6 is 0 Å². The lowest BCUT2D eigenvalue weighted by Crippen LogP contribution is -2.44. The fraction of sp³-hybridized carbons (Fsp3) is 0.611. The van der Waals surface area contributed by atoms with Gasteiger partial charge in [0.1, 0.15) is 12.3 Å². The van der Waals surface area contributed by atoms with Gasteiger partial charge < -0.3 is 14.3 Å². The van der Waals surface area contributed by atoms with Crippen LogP contribution < -0.4 is 0 Å². The highest BCUT2D eigenvalue weighted by Crippen LogP contribution is 2.38. The lowest BCUT2D eigenvalue weighted by atomic mass is 9.80. The summed E-state index contributed by atoms with van der Waals surface area (Å²) >= 11 is 0. The third-order valence-electron chi connectivity index (χ3n) is 4.52. The Hall–Kier alpha value is -1.39. The highest BCUT2D eigenvalue weighted by molar-refractivity contribution is 5.87. The van der Waals surface area contributed by atoms with Gasteiger partial charge in [-0.25, -0.2) is 0 Å². The zero-order chi connectivity index (χ0) is 15.5. The molecule has 0 radical (unpaired) electrons. The smallest absolute Gasteiger partial charge is 0.200 e. The maximum absolute atomic E-state index is 6.20. The van der Waals surface area contributed by atoms with Crippen molar-refractivity contribution in [3.63, 3.8) is 0 Å². The molecule has 1 heterocycles. The summed E-state index contributed by atoms with van der Waals surface area (Å²) in [4.78, 5) is 5.18. The van der Waals surface area contributed by atoms with Crippen molar-refractivity contribution in [3.8, 4) is 0 Å². The van der Waals surface area contributed by atoms with E-state index in [1.807, 2.05) is 6.92 Å². The van der Waals surface area contributed by atoms with Gasteiger partial charge in [0, 0.05) is 5.92 Å². The van der Waals surface area contributed by atoms with Crippen LogP contribution in [-0.2, 0) is 20.7 Å². The standard InChI is InChI=1S/C18H25NO3/c1-4-16(19-21-5-2)18-20-11-15-14-10-12(3)6-7-13(14)8-9-17(15)22-18/h6-7,10,15,17-18H,4-5,8-9,11H2,1-3H3/b19-16-. The summed E-state index contributed by atoms with van der Waals surface area (Å²) in [5.41, 5.74) is 4.98. The van der Waals surface area contributed by atoms with Gasteiger partial charge in [-0.05, 0) is 44.2 Å². The Morgan fingerprint density at radius 3 is 3.00 bits per heavy atom. The number of nitrogens with zero attached hydrogens (tertiary/aromatic N) is 1. The van der Waals surface area contributed by atoms with Gasteiger partial charge in [-0.2, -0.15) is 0 Å². The van der Waals surface area contributed by atoms with Crippen molar-refractivity contribution in [1.29, 1.82) is 0 Å². The fourth-order valence-electron chi connectivity index (χ4n) is 3.33. The largest absolute Gasteiger partial charge is 0.396 e. The minimum Gasteiger partial charge on any atom is -0.396 e. The van der Waals surface area contributed by atoms with Crippen LogP contribution in [0.2, 0.25) is 0 Å². The predicted molar refractivity (Wildman–Crippen MR) is 86.2 cm³/mol. The second kappa shape index (κ2) is 6.80. The monoisotopic (exact) mass is 303 g/mol. The molecule has 2 aliphatic rings. The van der Waals surface area contributed by atoms with Gasteiger partial charge in [-0.3, -0.25) is 0 Å². The van der Waals surface area contributed by atoms with E-state index in [-0.39, 0.29) is 12.4 Å². The number of oxime groups is 1. The molecule has 3 atom stereocenters. The fourth-order valence-corrected chi connectivity index (χ4v) is 3.33. The number of rotatable bonds is 4. The molecule has 0 bridgehead atoms. The Labute approximate surface area is 132 Å². The van der Waals surface area contributed by atoms with E-state index in [1.165, 1.54) is 16.7 Å². The molecule has 1 fully saturated rings. The molecular formula is C18H25NO3. The number of ether oxygens (including phenoxy) is 2. The van der Waals surface area contributed by atoms with E-state index in [9.17, 15) is 0 Å². The normalized spacial score (nSPS) is 28.0. The number of hydrogen-bond acceptors (Lipinski definition) is 4. The molecule has 3 rings (SSSR count). The maximum Gasteiger partial charge on any atom is 0.200 e. The van der Waals surface area contributed by atoms with Crippen LogP contribution in [0.5, 0.6) is 0 Å². The molecule has 0 spiro atoms. The lowest BCUT2D eigenvalue weighted by molar-refractivity contribution is -0.191. The van der Waals surface area contributed by atoms with Crippen LogP contribution in [0.3, 0.4) is 0 Å². The van der Waals surface area contributed by atoms with Crippen molar-refractivity contribution in [1.82, 2.24) is 0 Å². The summed E-state index contributed by atoms with van der Waals surface area (Å²) in [5, 5.41) is 4.15. The van der Waals surface area contributed by atoms with E-state index in [0.29, 0.717) is 19.1 Å². The average molecular weight is 303 g/mol. The zero-order valence-corrected chi connectivity index (χ0v) is 13.7. The predicted octanol–water partition coefficient (Wildman–Crippen LogP) is 3.57. The van der Waals surface area contributed by atoms with Crippen LogP contribution in [0.25, 0.3) is 0 Å². The van der Waals surface area contributed by atoms with Crippen molar-refractivity contribution in [3.05, 3.63) is 34.9 Å². The van der Waals surface area contributed by atoms with E-state index < -0.39 is 0 Å². The van der Waals surface area contributed by atoms with Gasteiger partial charge in [-0.15, -0.1) is 0 Å². The molecule has 1 saturated heterocycles. The summed E-state index contributed by atoms with van der Waals surface area (Å²) in [7, 11) is 0. The Balaban J connectivity index is 1.76. The third-order valence-corrected chi connectivity index (χ3v) is 4.52. The van der Waals surface area contributed by atoms with E-state index in [2.05, 4.69) is 37.2 Å². The molecule has 4 nitrogen and oxygen atoms in total. The van der Waals surface area contributed by atoms with Gasteiger partial charge in [0.2, 0.25) is 6.29 Å². The van der Waals surface area contributed by atoms with E-state index in [4.69, 9.17) is 14.3 Å². The molecule has 1 aromatic carbocycles. The van der Waals surface area contributed by atoms with Gasteiger partial charge in [0.25, 0.3) is 0 Å². The van der Waals surface area contributed by atoms with Crippen LogP contribution in [0.1, 0.15) is 49.3 Å². The van der Waals surface area contributed by atoms with Crippen LogP contribution in [-0.4, -0.2) is 31.3 Å². The Morgan fingerprint density at radius 2 is 2.23 bits per heavy atom. The molecular weight excluding hydrogens is 278 g/mol. The summed E-state index contributed by atoms with van der Waals surface area (Å²) in [6.07, 6.45) is 2.76. The number of hydrogen-bond donors (Lipinski definition) is 0. The van der Waals surface area contributed by atoms with Crippen molar-refractivity contribution in [2.45, 2.75) is 58.3 Å². The molecule has 3 unspecified atom stereocenters. The maximum atomic E-state index is 6.20. The topological polar surface area (TPSA) is 40.0 Å². The van der Waals surface area contributed by atoms with Gasteiger partial charge in [-0.1, -0.05) is 35.8 Å². The SMILES string of the molecule is CCO/N=C(/CC)C1OCC2c3cc(C)ccc3CCC2O1. The lowest BCUT2D eigenvalue weighted by Gasteiger charge is -2.40. The Morgan fingerprint density at radius 1 is 1.36 bits per heavy atom. The molecule has 0 N–H and O–H groups in total. The van der Waals surface area contributed by atoms with E-state index >= 15 is 0 Å². The molecule has 1 aliphatic heterocycles. The summed E-state index contributed by atoms with van der Waals surface area (Å²) in [6.45, 7) is 7.37. The van der Waals surface area contributed by atoms with Crippen molar-refractivity contribution in [2.75, 3.05) is 13.2 Å². The minimum absolute atomic E-state index is 0.214. The molecule has 1 aliphatic carbocycles. The van der Waals surface area contributed by atoms with E-state index in [1.54, 1.807) is 0 Å². The average Bonchev–Trinajstić information content (AvgIpc) is 2.55. The summed E-state index contributed by atoms with van der Waals surface area (Å²) < 4.78 is 12.2. The quantitative estimate of drug-likeness (QED) is 0.630. The molecule has 22 heavy (non-hydrogen) atoms. The van der Waals surface area contributed by atoms with Crippen molar-refractivity contribution >= 4 is 5.71 Å². The first kappa shape index (κ1) is 15.5. The van der Waals surface area contributed by atoms with Crippen LogP contribution in [0, 0.1) is 6.92 Å². The molecule has 4 heteroatoms. The number of benzene rings is 1. The van der Waals surface area contributed by atoms with Crippen LogP contribution in [0.4, 0.5) is 0 Å². The first-order chi connectivity index (χ1) is 10.7. The van der Waals surface area contributed by atoms with E-state index in [0.717, 1.165) is 25.0 Å². The summed E-state index contributed by atoms with van der Waals surface area (Å²) in [5.74, 6) is 0.338. The Kier molecular flexibility index (Phi) is 4.79. The first-order valence-corrected chi connectivity index (χ1v) is 8.28.